The number of hydrogen-bond acceptors (Lipinski definition) is 2. The molecule has 0 aliphatic heterocycles. The molecule has 3 heteroatoms. The lowest BCUT2D eigenvalue weighted by atomic mass is 10.2. The van der Waals surface area contributed by atoms with Crippen LogP contribution < -0.4 is 4.74 Å². The smallest absolute Gasteiger partial charge is 0.165 e. The highest BCUT2D eigenvalue weighted by molar-refractivity contribution is 5.34. The fourth-order valence-corrected chi connectivity index (χ4v) is 1.19. The molecule has 0 fully saturated rings. The number of halogens is 1. The molecule has 0 atom stereocenters. The van der Waals surface area contributed by atoms with Crippen LogP contribution in [0.15, 0.2) is 18.2 Å². The van der Waals surface area contributed by atoms with Crippen molar-refractivity contribution in [2.75, 3.05) is 6.61 Å². The van der Waals surface area contributed by atoms with Gasteiger partial charge in [-0.3, -0.25) is 0 Å². The molecule has 0 bridgehead atoms. The molecule has 0 aromatic heterocycles. The summed E-state index contributed by atoms with van der Waals surface area (Å²) >= 11 is 0. The number of ether oxygens (including phenoxy) is 1. The molecule has 15 heavy (non-hydrogen) atoms. The second-order valence-electron chi connectivity index (χ2n) is 3.04. The van der Waals surface area contributed by atoms with Crippen LogP contribution in [0.4, 0.5) is 4.39 Å². The molecular weight excluding hydrogens is 195 g/mol. The Labute approximate surface area is 88.7 Å². The van der Waals surface area contributed by atoms with E-state index in [1.807, 2.05) is 0 Å². The summed E-state index contributed by atoms with van der Waals surface area (Å²) in [6.07, 6.45) is 6.35. The third-order valence-corrected chi connectivity index (χ3v) is 1.93. The lowest BCUT2D eigenvalue weighted by Crippen LogP contribution is -2.02. The molecule has 80 valence electrons. The maximum Gasteiger partial charge on any atom is 0.165 e. The van der Waals surface area contributed by atoms with E-state index in [0.29, 0.717) is 25.0 Å². The van der Waals surface area contributed by atoms with Gasteiger partial charge in [0, 0.05) is 12.0 Å². The molecule has 1 N–H and O–H groups in total. The van der Waals surface area contributed by atoms with E-state index in [0.717, 1.165) is 0 Å². The monoisotopic (exact) mass is 208 g/mol. The van der Waals surface area contributed by atoms with Crippen LogP contribution in [0.3, 0.4) is 0 Å². The van der Waals surface area contributed by atoms with Gasteiger partial charge in [-0.2, -0.15) is 0 Å². The second kappa shape index (κ2) is 6.05. The summed E-state index contributed by atoms with van der Waals surface area (Å²) in [4.78, 5) is 0. The Bertz CT molecular complexity index is 355. The van der Waals surface area contributed by atoms with Crippen molar-refractivity contribution in [2.45, 2.75) is 19.4 Å². The van der Waals surface area contributed by atoms with Crippen molar-refractivity contribution in [3.63, 3.8) is 0 Å². The number of aliphatic hydroxyl groups excluding tert-OH is 1. The highest BCUT2D eigenvalue weighted by Gasteiger charge is 2.08. The van der Waals surface area contributed by atoms with Gasteiger partial charge in [0.05, 0.1) is 13.2 Å². The largest absolute Gasteiger partial charge is 0.490 e. The van der Waals surface area contributed by atoms with Crippen LogP contribution in [0.25, 0.3) is 0 Å². The predicted octanol–water partition coefficient (Wildman–Crippen LogP) is 2.11. The lowest BCUT2D eigenvalue weighted by molar-refractivity contribution is 0.255. The fraction of sp³-hybridized carbons (Fsp3) is 0.333. The van der Waals surface area contributed by atoms with Gasteiger partial charge in [-0.25, -0.2) is 4.39 Å². The number of unbranched alkanes of at least 4 members (excludes halogenated alkanes) is 1. The highest BCUT2D eigenvalue weighted by Crippen LogP contribution is 2.22. The van der Waals surface area contributed by atoms with Crippen LogP contribution in [0, 0.1) is 18.2 Å². The van der Waals surface area contributed by atoms with Crippen LogP contribution in [0.5, 0.6) is 5.75 Å². The Hall–Kier alpha value is -1.53. The number of hydrogen-bond donors (Lipinski definition) is 1. The Balaban J connectivity index is 2.63. The van der Waals surface area contributed by atoms with Gasteiger partial charge in [-0.15, -0.1) is 12.3 Å². The van der Waals surface area contributed by atoms with E-state index in [-0.39, 0.29) is 12.4 Å². The van der Waals surface area contributed by atoms with Crippen molar-refractivity contribution in [3.05, 3.63) is 29.6 Å². The van der Waals surface area contributed by atoms with E-state index >= 15 is 0 Å². The van der Waals surface area contributed by atoms with E-state index in [1.54, 1.807) is 6.07 Å². The van der Waals surface area contributed by atoms with Crippen LogP contribution in [0.2, 0.25) is 0 Å². The van der Waals surface area contributed by atoms with Crippen molar-refractivity contribution in [3.8, 4) is 18.1 Å². The molecule has 0 aliphatic carbocycles. The summed E-state index contributed by atoms with van der Waals surface area (Å²) in [6.45, 7) is 0.125. The molecule has 1 aromatic rings. The zero-order chi connectivity index (χ0) is 11.1. The molecule has 0 amide bonds. The van der Waals surface area contributed by atoms with E-state index in [1.165, 1.54) is 12.1 Å². The molecule has 0 heterocycles. The Morgan fingerprint density at radius 3 is 2.93 bits per heavy atom. The Kier molecular flexibility index (Phi) is 4.65. The minimum atomic E-state index is -0.456. The van der Waals surface area contributed by atoms with Crippen molar-refractivity contribution >= 4 is 0 Å². The minimum Gasteiger partial charge on any atom is -0.490 e. The molecule has 0 unspecified atom stereocenters. The number of para-hydroxylation sites is 1. The average Bonchev–Trinajstić information content (AvgIpc) is 2.26. The Morgan fingerprint density at radius 1 is 1.47 bits per heavy atom. The average molecular weight is 208 g/mol. The predicted molar refractivity (Wildman–Crippen MR) is 55.9 cm³/mol. The van der Waals surface area contributed by atoms with Gasteiger partial charge in [0.1, 0.15) is 0 Å². The van der Waals surface area contributed by atoms with E-state index in [2.05, 4.69) is 5.92 Å². The minimum absolute atomic E-state index is 0.122. The van der Waals surface area contributed by atoms with Gasteiger partial charge in [0.2, 0.25) is 0 Å². The first-order valence-corrected chi connectivity index (χ1v) is 4.74. The molecule has 2 nitrogen and oxygen atoms in total. The number of aliphatic hydroxyl groups is 1. The molecule has 0 radical (unpaired) electrons. The fourth-order valence-electron chi connectivity index (χ4n) is 1.19. The Morgan fingerprint density at radius 2 is 2.27 bits per heavy atom. The maximum absolute atomic E-state index is 13.3. The maximum atomic E-state index is 13.3. The van der Waals surface area contributed by atoms with Gasteiger partial charge >= 0.3 is 0 Å². The van der Waals surface area contributed by atoms with Crippen LogP contribution >= 0.6 is 0 Å². The molecule has 0 saturated heterocycles. The lowest BCUT2D eigenvalue weighted by Gasteiger charge is -2.09. The van der Waals surface area contributed by atoms with Crippen molar-refractivity contribution in [2.24, 2.45) is 0 Å². The zero-order valence-electron chi connectivity index (χ0n) is 8.37. The van der Waals surface area contributed by atoms with Gasteiger partial charge in [0.15, 0.2) is 11.6 Å². The normalized spacial score (nSPS) is 9.67. The first kappa shape index (κ1) is 11.5. The summed E-state index contributed by atoms with van der Waals surface area (Å²) in [5.74, 6) is 2.14. The molecule has 1 aromatic carbocycles. The van der Waals surface area contributed by atoms with Gasteiger partial charge < -0.3 is 9.84 Å². The van der Waals surface area contributed by atoms with Crippen LogP contribution in [-0.4, -0.2) is 11.7 Å². The molecule has 0 saturated carbocycles. The van der Waals surface area contributed by atoms with Crippen molar-refractivity contribution in [1.29, 1.82) is 0 Å². The van der Waals surface area contributed by atoms with E-state index in [4.69, 9.17) is 16.3 Å². The third kappa shape index (κ3) is 3.26. The quantitative estimate of drug-likeness (QED) is 0.593. The van der Waals surface area contributed by atoms with Crippen molar-refractivity contribution in [1.82, 2.24) is 0 Å². The topological polar surface area (TPSA) is 29.5 Å². The second-order valence-corrected chi connectivity index (χ2v) is 3.04. The molecular formula is C12H13FO2. The highest BCUT2D eigenvalue weighted by atomic mass is 19.1. The van der Waals surface area contributed by atoms with Gasteiger partial charge in [0.25, 0.3) is 0 Å². The SMILES string of the molecule is C#CCCCOc1c(F)cccc1CO. The number of benzene rings is 1. The van der Waals surface area contributed by atoms with E-state index < -0.39 is 5.82 Å². The van der Waals surface area contributed by atoms with Crippen LogP contribution in [0.1, 0.15) is 18.4 Å². The number of rotatable bonds is 5. The van der Waals surface area contributed by atoms with Gasteiger partial charge in [-0.05, 0) is 12.5 Å². The zero-order valence-corrected chi connectivity index (χ0v) is 8.37. The molecule has 0 spiro atoms. The van der Waals surface area contributed by atoms with Crippen LogP contribution in [-0.2, 0) is 6.61 Å². The summed E-state index contributed by atoms with van der Waals surface area (Å²) in [5, 5.41) is 8.97. The molecule has 1 rings (SSSR count). The molecule has 0 aliphatic rings. The van der Waals surface area contributed by atoms with Gasteiger partial charge in [-0.1, -0.05) is 12.1 Å². The first-order chi connectivity index (χ1) is 7.29. The third-order valence-electron chi connectivity index (χ3n) is 1.93. The summed E-state index contributed by atoms with van der Waals surface area (Å²) < 4.78 is 18.5. The first-order valence-electron chi connectivity index (χ1n) is 4.74. The standard InChI is InChI=1S/C12H13FO2/c1-2-3-4-8-15-12-10(9-14)6-5-7-11(12)13/h1,5-7,14H,3-4,8-9H2. The van der Waals surface area contributed by atoms with E-state index in [9.17, 15) is 4.39 Å². The summed E-state index contributed by atoms with van der Waals surface area (Å²) in [7, 11) is 0. The summed E-state index contributed by atoms with van der Waals surface area (Å²) in [6, 6.07) is 4.46. The summed E-state index contributed by atoms with van der Waals surface area (Å²) in [5.41, 5.74) is 0.454. The number of terminal acetylenes is 1. The van der Waals surface area contributed by atoms with Crippen molar-refractivity contribution < 1.29 is 14.2 Å².